The van der Waals surface area contributed by atoms with Gasteiger partial charge < -0.3 is 4.74 Å². The smallest absolute Gasteiger partial charge is 0.428 e. The number of hydrogen-bond acceptors (Lipinski definition) is 1. The lowest BCUT2D eigenvalue weighted by atomic mass is 9.80. The Kier molecular flexibility index (Phi) is 13.6. The van der Waals surface area contributed by atoms with Crippen LogP contribution >= 0.6 is 0 Å². The van der Waals surface area contributed by atoms with Crippen molar-refractivity contribution in [1.29, 1.82) is 0 Å². The number of halogens is 5. The Morgan fingerprint density at radius 1 is 0.884 bits per heavy atom. The van der Waals surface area contributed by atoms with Gasteiger partial charge in [-0.15, -0.1) is 0 Å². The molecule has 0 aliphatic heterocycles. The van der Waals surface area contributed by atoms with Crippen LogP contribution in [0.1, 0.15) is 40.0 Å². The van der Waals surface area contributed by atoms with Gasteiger partial charge in [0.2, 0.25) is 0 Å². The summed E-state index contributed by atoms with van der Waals surface area (Å²) in [4.78, 5) is 0. The molecule has 0 fully saturated rings. The van der Waals surface area contributed by atoms with E-state index in [4.69, 9.17) is 0 Å². The lowest BCUT2D eigenvalue weighted by Crippen LogP contribution is -2.23. The number of allylic oxidation sites excluding steroid dienone is 17. The molecule has 6 heteroatoms. The highest BCUT2D eigenvalue weighted by molar-refractivity contribution is 5.55. The van der Waals surface area contributed by atoms with Crippen molar-refractivity contribution in [2.45, 2.75) is 46.1 Å². The van der Waals surface area contributed by atoms with Crippen LogP contribution in [-0.4, -0.2) is 6.11 Å². The van der Waals surface area contributed by atoms with Gasteiger partial charge in [-0.25, -0.2) is 13.2 Å². The summed E-state index contributed by atoms with van der Waals surface area (Å²) in [6.07, 6.45) is 11.0. The zero-order valence-electron chi connectivity index (χ0n) is 25.3. The third-order valence-corrected chi connectivity index (χ3v) is 6.80. The maximum Gasteiger partial charge on any atom is 0.428 e. The minimum atomic E-state index is -4.17. The van der Waals surface area contributed by atoms with Crippen molar-refractivity contribution in [3.05, 3.63) is 170 Å². The van der Waals surface area contributed by atoms with Crippen molar-refractivity contribution in [2.24, 2.45) is 11.3 Å². The van der Waals surface area contributed by atoms with Gasteiger partial charge in [0.1, 0.15) is 23.2 Å². The van der Waals surface area contributed by atoms with Gasteiger partial charge in [-0.2, -0.15) is 8.78 Å². The first-order chi connectivity index (χ1) is 19.8. The van der Waals surface area contributed by atoms with Gasteiger partial charge in [0.25, 0.3) is 0 Å². The van der Waals surface area contributed by atoms with E-state index in [1.165, 1.54) is 18.2 Å². The lowest BCUT2D eigenvalue weighted by Gasteiger charge is -2.24. The van der Waals surface area contributed by atoms with E-state index < -0.39 is 45.9 Å². The van der Waals surface area contributed by atoms with Crippen LogP contribution in [0.5, 0.6) is 0 Å². The van der Waals surface area contributed by atoms with Gasteiger partial charge in [-0.3, -0.25) is 0 Å². The summed E-state index contributed by atoms with van der Waals surface area (Å²) in [5.74, 6) is -3.44. The third kappa shape index (κ3) is 11.2. The fourth-order valence-corrected chi connectivity index (χ4v) is 3.91. The highest BCUT2D eigenvalue weighted by Crippen LogP contribution is 2.42. The van der Waals surface area contributed by atoms with Gasteiger partial charge in [0, 0.05) is 16.6 Å². The average Bonchev–Trinajstić information content (AvgIpc) is 3.29. The molecule has 0 amide bonds. The highest BCUT2D eigenvalue weighted by Gasteiger charge is 2.38. The van der Waals surface area contributed by atoms with Gasteiger partial charge in [0.15, 0.2) is 0 Å². The number of hydrogen-bond donors (Lipinski definition) is 0. The topological polar surface area (TPSA) is 9.23 Å². The summed E-state index contributed by atoms with van der Waals surface area (Å²) >= 11 is 0. The van der Waals surface area contributed by atoms with Crippen molar-refractivity contribution < 1.29 is 26.7 Å². The SMILES string of the molecule is C=C(/C=C\C(=C)OC(F)(F)C(=C)/C(F)=C\C(=C)C(=C)/C(F)=C\C(=C)C(=C)/C(F)=C\C(=C)[C@@]1(C)C=CC(C)C1)CC/C=C/C. The molecule has 0 spiro atoms. The van der Waals surface area contributed by atoms with Gasteiger partial charge in [-0.1, -0.05) is 102 Å². The molecule has 0 saturated heterocycles. The Bertz CT molecular complexity index is 1390. The molecule has 1 unspecified atom stereocenters. The number of rotatable bonds is 17. The molecular weight excluding hydrogens is 555 g/mol. The maximum atomic E-state index is 14.9. The predicted molar refractivity (Wildman–Crippen MR) is 171 cm³/mol. The monoisotopic (exact) mass is 596 g/mol. The quantitative estimate of drug-likeness (QED) is 0.0702. The molecule has 0 aromatic carbocycles. The van der Waals surface area contributed by atoms with Crippen LogP contribution in [0.15, 0.2) is 170 Å². The van der Waals surface area contributed by atoms with E-state index in [9.17, 15) is 22.0 Å². The van der Waals surface area contributed by atoms with Crippen LogP contribution < -0.4 is 0 Å². The van der Waals surface area contributed by atoms with Crippen molar-refractivity contribution in [1.82, 2.24) is 0 Å². The Balaban J connectivity index is 2.89. The first-order valence-corrected chi connectivity index (χ1v) is 13.5. The molecule has 230 valence electrons. The molecule has 1 nitrogen and oxygen atoms in total. The molecule has 0 saturated carbocycles. The van der Waals surface area contributed by atoms with E-state index in [-0.39, 0.29) is 16.7 Å². The molecule has 0 aromatic rings. The van der Waals surface area contributed by atoms with Crippen LogP contribution in [0.25, 0.3) is 0 Å². The first-order valence-electron chi connectivity index (χ1n) is 13.5. The second-order valence-corrected chi connectivity index (χ2v) is 10.6. The zero-order chi connectivity index (χ0) is 33.1. The third-order valence-electron chi connectivity index (χ3n) is 6.80. The Morgan fingerprint density at radius 3 is 1.93 bits per heavy atom. The second kappa shape index (κ2) is 15.9. The molecule has 0 bridgehead atoms. The fraction of sp³-hybridized carbons (Fsp3) is 0.243. The predicted octanol–water partition coefficient (Wildman–Crippen LogP) is 12.1. The molecule has 0 aromatic heterocycles. The van der Waals surface area contributed by atoms with Gasteiger partial charge in [-0.05, 0) is 73.1 Å². The van der Waals surface area contributed by atoms with Crippen molar-refractivity contribution in [2.75, 3.05) is 0 Å². The Labute approximate surface area is 253 Å². The summed E-state index contributed by atoms with van der Waals surface area (Å²) in [5, 5.41) is 0. The normalized spacial score (nSPS) is 19.5. The standard InChI is InChI=1S/C37H41F5O/c1-12-13-14-15-24(2)16-17-29(7)43-37(41,42)32(10)35(40)21-27(5)30(8)33(38)20-26(4)31(9)34(39)22-28(6)36(11)19-18-25(3)23-36/h12-13,16-22,25H,2,4-10,14-15,23H2,1,3,11H3/b13-12+,17-16-,33-20+,34-22+,35-21+/t25?,36-/m0/s1. The summed E-state index contributed by atoms with van der Waals surface area (Å²) in [5.41, 5.74) is -1.73. The van der Waals surface area contributed by atoms with Crippen LogP contribution in [0.4, 0.5) is 22.0 Å². The van der Waals surface area contributed by atoms with Crippen molar-refractivity contribution >= 4 is 0 Å². The minimum absolute atomic E-state index is 0.127. The van der Waals surface area contributed by atoms with E-state index in [0.29, 0.717) is 29.6 Å². The van der Waals surface area contributed by atoms with Gasteiger partial charge in [0.05, 0.1) is 5.57 Å². The first kappa shape index (κ1) is 36.8. The number of ether oxygens (including phenoxy) is 1. The van der Waals surface area contributed by atoms with E-state index in [1.54, 1.807) is 0 Å². The molecule has 1 aliphatic rings. The maximum absolute atomic E-state index is 14.9. The average molecular weight is 597 g/mol. The summed E-state index contributed by atoms with van der Waals surface area (Å²) in [6, 6.07) is 0. The Morgan fingerprint density at radius 2 is 1.42 bits per heavy atom. The van der Waals surface area contributed by atoms with Crippen LogP contribution in [0, 0.1) is 11.3 Å². The molecule has 0 radical (unpaired) electrons. The molecule has 1 aliphatic carbocycles. The molecule has 43 heavy (non-hydrogen) atoms. The molecule has 0 N–H and O–H groups in total. The van der Waals surface area contributed by atoms with Crippen molar-refractivity contribution in [3.8, 4) is 0 Å². The van der Waals surface area contributed by atoms with E-state index in [0.717, 1.165) is 18.9 Å². The van der Waals surface area contributed by atoms with Crippen LogP contribution in [0.3, 0.4) is 0 Å². The van der Waals surface area contributed by atoms with E-state index >= 15 is 0 Å². The largest absolute Gasteiger partial charge is 0.429 e. The summed E-state index contributed by atoms with van der Waals surface area (Å²) in [6.45, 7) is 34.3. The number of alkyl halides is 2. The Hall–Kier alpha value is -4.19. The highest BCUT2D eigenvalue weighted by atomic mass is 19.3. The molecule has 1 rings (SSSR count). The van der Waals surface area contributed by atoms with Crippen LogP contribution in [0.2, 0.25) is 0 Å². The van der Waals surface area contributed by atoms with E-state index in [2.05, 4.69) is 57.4 Å². The fourth-order valence-electron chi connectivity index (χ4n) is 3.91. The summed E-state index contributed by atoms with van der Waals surface area (Å²) < 4.78 is 78.0. The van der Waals surface area contributed by atoms with E-state index in [1.807, 2.05) is 45.1 Å². The van der Waals surface area contributed by atoms with Crippen molar-refractivity contribution in [3.63, 3.8) is 0 Å². The molecular formula is C37H41F5O. The molecule has 2 atom stereocenters. The van der Waals surface area contributed by atoms with Crippen LogP contribution in [-0.2, 0) is 4.74 Å². The zero-order valence-corrected chi connectivity index (χ0v) is 25.3. The minimum Gasteiger partial charge on any atom is -0.429 e. The molecule has 0 heterocycles. The van der Waals surface area contributed by atoms with Gasteiger partial charge >= 0.3 is 6.11 Å². The second-order valence-electron chi connectivity index (χ2n) is 10.6. The summed E-state index contributed by atoms with van der Waals surface area (Å²) in [7, 11) is 0. The lowest BCUT2D eigenvalue weighted by molar-refractivity contribution is -0.177.